The Balaban J connectivity index is 2.53. The van der Waals surface area contributed by atoms with Gasteiger partial charge in [0.1, 0.15) is 9.84 Å². The summed E-state index contributed by atoms with van der Waals surface area (Å²) in [6.45, 7) is 0.115. The average molecular weight is 277 g/mol. The molecule has 17 heavy (non-hydrogen) atoms. The lowest BCUT2D eigenvalue weighted by molar-refractivity contribution is 0.577. The Labute approximate surface area is 102 Å². The van der Waals surface area contributed by atoms with Crippen LogP contribution in [0.4, 0.5) is 0 Å². The summed E-state index contributed by atoms with van der Waals surface area (Å²) in [7, 11) is -6.56. The van der Waals surface area contributed by atoms with Crippen LogP contribution in [0.5, 0.6) is 0 Å². The first kappa shape index (κ1) is 14.1. The summed E-state index contributed by atoms with van der Waals surface area (Å²) in [5.74, 6) is -0.0235. The molecule has 0 unspecified atom stereocenters. The van der Waals surface area contributed by atoms with E-state index < -0.39 is 19.9 Å². The minimum Gasteiger partial charge on any atom is -0.229 e. The molecule has 0 saturated heterocycles. The first-order valence-electron chi connectivity index (χ1n) is 5.04. The largest absolute Gasteiger partial charge is 0.240 e. The van der Waals surface area contributed by atoms with Gasteiger partial charge >= 0.3 is 0 Å². The molecule has 0 heterocycles. The molecule has 0 aliphatic rings. The van der Waals surface area contributed by atoms with E-state index in [1.54, 1.807) is 18.2 Å². The standard InChI is InChI=1S/C10H15NO4S2/c1-16(12,13)9-5-8-11-17(14,15)10-6-3-2-4-7-10/h2-4,6-7,11H,5,8-9H2,1H3. The van der Waals surface area contributed by atoms with Gasteiger partial charge in [-0.3, -0.25) is 0 Å². The van der Waals surface area contributed by atoms with Crippen LogP contribution in [0.25, 0.3) is 0 Å². The summed E-state index contributed by atoms with van der Waals surface area (Å²) < 4.78 is 47.4. The number of nitrogens with one attached hydrogen (secondary N) is 1. The zero-order valence-corrected chi connectivity index (χ0v) is 11.1. The molecule has 1 aromatic rings. The highest BCUT2D eigenvalue weighted by Gasteiger charge is 2.12. The van der Waals surface area contributed by atoms with Gasteiger partial charge in [-0.2, -0.15) is 0 Å². The molecule has 0 aliphatic carbocycles. The molecule has 0 radical (unpaired) electrons. The molecule has 0 fully saturated rings. The molecule has 0 spiro atoms. The third kappa shape index (κ3) is 5.29. The van der Waals surface area contributed by atoms with E-state index in [1.807, 2.05) is 0 Å². The fourth-order valence-electron chi connectivity index (χ4n) is 1.22. The van der Waals surface area contributed by atoms with Crippen LogP contribution in [0.2, 0.25) is 0 Å². The molecule has 1 rings (SSSR count). The first-order chi connectivity index (χ1) is 7.81. The molecule has 5 nitrogen and oxygen atoms in total. The van der Waals surface area contributed by atoms with Gasteiger partial charge in [0.25, 0.3) is 0 Å². The van der Waals surface area contributed by atoms with Crippen molar-refractivity contribution in [1.82, 2.24) is 4.72 Å². The van der Waals surface area contributed by atoms with Crippen molar-refractivity contribution < 1.29 is 16.8 Å². The zero-order valence-electron chi connectivity index (χ0n) is 9.46. The second-order valence-corrected chi connectivity index (χ2v) is 7.72. The summed E-state index contributed by atoms with van der Waals surface area (Å²) in [5.41, 5.74) is 0. The normalized spacial score (nSPS) is 12.5. The van der Waals surface area contributed by atoms with Crippen LogP contribution in [0.1, 0.15) is 6.42 Å². The highest BCUT2D eigenvalue weighted by Crippen LogP contribution is 2.06. The maximum absolute atomic E-state index is 11.7. The lowest BCUT2D eigenvalue weighted by Gasteiger charge is -2.05. The molecule has 1 aromatic carbocycles. The summed E-state index contributed by atoms with van der Waals surface area (Å²) >= 11 is 0. The van der Waals surface area contributed by atoms with Crippen molar-refractivity contribution >= 4 is 19.9 Å². The van der Waals surface area contributed by atoms with Gasteiger partial charge in [0.15, 0.2) is 0 Å². The van der Waals surface area contributed by atoms with Crippen LogP contribution >= 0.6 is 0 Å². The van der Waals surface area contributed by atoms with E-state index in [0.29, 0.717) is 0 Å². The van der Waals surface area contributed by atoms with E-state index in [2.05, 4.69) is 4.72 Å². The van der Waals surface area contributed by atoms with E-state index in [4.69, 9.17) is 0 Å². The number of hydrogen-bond acceptors (Lipinski definition) is 4. The molecular formula is C10H15NO4S2. The maximum atomic E-state index is 11.7. The molecular weight excluding hydrogens is 262 g/mol. The Bertz CT molecular complexity index is 549. The van der Waals surface area contributed by atoms with E-state index >= 15 is 0 Å². The lowest BCUT2D eigenvalue weighted by atomic mass is 10.4. The van der Waals surface area contributed by atoms with Crippen molar-refractivity contribution in [2.75, 3.05) is 18.6 Å². The number of rotatable bonds is 6. The first-order valence-corrected chi connectivity index (χ1v) is 8.58. The minimum atomic E-state index is -3.52. The molecule has 0 amide bonds. The van der Waals surface area contributed by atoms with Gasteiger partial charge in [0.05, 0.1) is 10.6 Å². The van der Waals surface area contributed by atoms with Crippen molar-refractivity contribution in [2.24, 2.45) is 0 Å². The highest BCUT2D eigenvalue weighted by molar-refractivity contribution is 7.90. The van der Waals surface area contributed by atoms with Crippen molar-refractivity contribution in [1.29, 1.82) is 0 Å². The highest BCUT2D eigenvalue weighted by atomic mass is 32.2. The molecule has 1 N–H and O–H groups in total. The third-order valence-corrected chi connectivity index (χ3v) is 4.54. The average Bonchev–Trinajstić information content (AvgIpc) is 2.25. The van der Waals surface area contributed by atoms with Crippen molar-refractivity contribution in [2.45, 2.75) is 11.3 Å². The quantitative estimate of drug-likeness (QED) is 0.763. The number of benzene rings is 1. The fraction of sp³-hybridized carbons (Fsp3) is 0.400. The predicted molar refractivity (Wildman–Crippen MR) is 66.0 cm³/mol. The number of hydrogen-bond donors (Lipinski definition) is 1. The van der Waals surface area contributed by atoms with Crippen molar-refractivity contribution in [3.05, 3.63) is 30.3 Å². The molecule has 0 aromatic heterocycles. The van der Waals surface area contributed by atoms with Crippen LogP contribution in [0.15, 0.2) is 35.2 Å². The number of sulfone groups is 1. The lowest BCUT2D eigenvalue weighted by Crippen LogP contribution is -2.26. The van der Waals surface area contributed by atoms with Gasteiger partial charge in [0, 0.05) is 12.8 Å². The van der Waals surface area contributed by atoms with Crippen molar-refractivity contribution in [3.63, 3.8) is 0 Å². The van der Waals surface area contributed by atoms with E-state index in [9.17, 15) is 16.8 Å². The van der Waals surface area contributed by atoms with Gasteiger partial charge < -0.3 is 0 Å². The van der Waals surface area contributed by atoms with Crippen LogP contribution in [0.3, 0.4) is 0 Å². The Morgan fingerprint density at radius 3 is 2.18 bits per heavy atom. The van der Waals surface area contributed by atoms with E-state index in [0.717, 1.165) is 6.26 Å². The van der Waals surface area contributed by atoms with Gasteiger partial charge in [-0.1, -0.05) is 18.2 Å². The molecule has 0 bridgehead atoms. The summed E-state index contributed by atoms with van der Waals surface area (Å²) in [4.78, 5) is 0.180. The SMILES string of the molecule is CS(=O)(=O)CCCNS(=O)(=O)c1ccccc1. The third-order valence-electron chi connectivity index (χ3n) is 2.04. The summed E-state index contributed by atoms with van der Waals surface area (Å²) in [5, 5.41) is 0. The van der Waals surface area contributed by atoms with Gasteiger partial charge in [-0.25, -0.2) is 21.6 Å². The van der Waals surface area contributed by atoms with Crippen LogP contribution in [-0.4, -0.2) is 35.4 Å². The molecule has 96 valence electrons. The van der Waals surface area contributed by atoms with Gasteiger partial charge in [-0.15, -0.1) is 0 Å². The van der Waals surface area contributed by atoms with Crippen LogP contribution < -0.4 is 4.72 Å². The summed E-state index contributed by atoms with van der Waals surface area (Å²) in [6.07, 6.45) is 1.39. The van der Waals surface area contributed by atoms with E-state index in [-0.39, 0.29) is 23.6 Å². The minimum absolute atomic E-state index is 0.0235. The Morgan fingerprint density at radius 2 is 1.65 bits per heavy atom. The summed E-state index contributed by atoms with van der Waals surface area (Å²) in [6, 6.07) is 7.95. The Hall–Kier alpha value is -0.920. The molecule has 0 atom stereocenters. The van der Waals surface area contributed by atoms with Gasteiger partial charge in [0.2, 0.25) is 10.0 Å². The van der Waals surface area contributed by atoms with Gasteiger partial charge in [-0.05, 0) is 18.6 Å². The molecule has 0 aliphatic heterocycles. The second-order valence-electron chi connectivity index (χ2n) is 3.69. The van der Waals surface area contributed by atoms with Crippen molar-refractivity contribution in [3.8, 4) is 0 Å². The fourth-order valence-corrected chi connectivity index (χ4v) is 2.99. The predicted octanol–water partition coefficient (Wildman–Crippen LogP) is 0.400. The maximum Gasteiger partial charge on any atom is 0.240 e. The van der Waals surface area contributed by atoms with Crippen LogP contribution in [0, 0.1) is 0 Å². The second kappa shape index (κ2) is 5.61. The molecule has 0 saturated carbocycles. The van der Waals surface area contributed by atoms with E-state index in [1.165, 1.54) is 12.1 Å². The van der Waals surface area contributed by atoms with Crippen LogP contribution in [-0.2, 0) is 19.9 Å². The Kier molecular flexibility index (Phi) is 4.67. The Morgan fingerprint density at radius 1 is 1.06 bits per heavy atom. The zero-order chi connectivity index (χ0) is 12.9. The monoisotopic (exact) mass is 277 g/mol. The number of sulfonamides is 1. The molecule has 7 heteroatoms. The smallest absolute Gasteiger partial charge is 0.229 e. The topological polar surface area (TPSA) is 80.3 Å².